The van der Waals surface area contributed by atoms with Crippen molar-refractivity contribution < 1.29 is 9.53 Å². The maximum atomic E-state index is 11.4. The Bertz CT molecular complexity index is 384. The fourth-order valence-corrected chi connectivity index (χ4v) is 1.54. The van der Waals surface area contributed by atoms with E-state index in [0.29, 0.717) is 5.90 Å². The summed E-state index contributed by atoms with van der Waals surface area (Å²) in [5.74, 6) is 0.301. The van der Waals surface area contributed by atoms with E-state index in [4.69, 9.17) is 4.74 Å². The molecule has 0 unspecified atom stereocenters. The molecule has 0 N–H and O–H groups in total. The van der Waals surface area contributed by atoms with Crippen molar-refractivity contribution in [2.75, 3.05) is 0 Å². The average molecular weight is 203 g/mol. The van der Waals surface area contributed by atoms with Crippen molar-refractivity contribution in [3.05, 3.63) is 35.9 Å². The van der Waals surface area contributed by atoms with Crippen LogP contribution in [0.2, 0.25) is 0 Å². The Morgan fingerprint density at radius 2 is 2.07 bits per heavy atom. The van der Waals surface area contributed by atoms with Crippen LogP contribution in [-0.4, -0.2) is 17.9 Å². The number of hydrogen-bond donors (Lipinski definition) is 0. The molecule has 0 radical (unpaired) electrons. The molecule has 3 nitrogen and oxygen atoms in total. The topological polar surface area (TPSA) is 38.7 Å². The van der Waals surface area contributed by atoms with Gasteiger partial charge in [0, 0.05) is 5.56 Å². The van der Waals surface area contributed by atoms with Gasteiger partial charge in [-0.25, -0.2) is 0 Å². The van der Waals surface area contributed by atoms with E-state index >= 15 is 0 Å². The molecule has 0 aliphatic carbocycles. The first kappa shape index (κ1) is 9.90. The normalized spacial score (nSPS) is 19.9. The average Bonchev–Trinajstić information content (AvgIpc) is 2.63. The van der Waals surface area contributed by atoms with E-state index in [9.17, 15) is 4.79 Å². The monoisotopic (exact) mass is 203 g/mol. The van der Waals surface area contributed by atoms with Gasteiger partial charge in [-0.2, -0.15) is 4.99 Å². The first-order valence-electron chi connectivity index (χ1n) is 5.16. The molecule has 15 heavy (non-hydrogen) atoms. The number of ether oxygens (including phenoxy) is 1. The third-order valence-electron chi connectivity index (χ3n) is 2.31. The van der Waals surface area contributed by atoms with Crippen LogP contribution in [0.3, 0.4) is 0 Å². The number of carbonyl (C=O) groups excluding carboxylic acids is 1. The van der Waals surface area contributed by atoms with Crippen LogP contribution in [0.4, 0.5) is 0 Å². The number of carbonyl (C=O) groups is 1. The smallest absolute Gasteiger partial charge is 0.290 e. The van der Waals surface area contributed by atoms with Gasteiger partial charge < -0.3 is 4.74 Å². The highest BCUT2D eigenvalue weighted by molar-refractivity contribution is 6.07. The van der Waals surface area contributed by atoms with E-state index in [0.717, 1.165) is 18.4 Å². The zero-order chi connectivity index (χ0) is 10.7. The van der Waals surface area contributed by atoms with Gasteiger partial charge in [-0.15, -0.1) is 0 Å². The SMILES string of the molecule is CCC[C@@H]1OC(c2ccccc2)=NC1=O. The van der Waals surface area contributed by atoms with Gasteiger partial charge >= 0.3 is 0 Å². The highest BCUT2D eigenvalue weighted by Gasteiger charge is 2.28. The Balaban J connectivity index is 2.14. The van der Waals surface area contributed by atoms with E-state index in [-0.39, 0.29) is 12.0 Å². The second-order valence-corrected chi connectivity index (χ2v) is 3.52. The van der Waals surface area contributed by atoms with Crippen LogP contribution in [0.5, 0.6) is 0 Å². The van der Waals surface area contributed by atoms with Gasteiger partial charge in [-0.3, -0.25) is 4.79 Å². The highest BCUT2D eigenvalue weighted by Crippen LogP contribution is 2.16. The van der Waals surface area contributed by atoms with Gasteiger partial charge in [0.05, 0.1) is 0 Å². The van der Waals surface area contributed by atoms with Crippen molar-refractivity contribution >= 4 is 11.8 Å². The van der Waals surface area contributed by atoms with Crippen molar-refractivity contribution in [3.63, 3.8) is 0 Å². The Morgan fingerprint density at radius 1 is 1.33 bits per heavy atom. The molecule has 1 atom stereocenters. The van der Waals surface area contributed by atoms with Crippen LogP contribution < -0.4 is 0 Å². The highest BCUT2D eigenvalue weighted by atomic mass is 16.5. The quantitative estimate of drug-likeness (QED) is 0.755. The molecule has 0 saturated carbocycles. The van der Waals surface area contributed by atoms with E-state index in [1.54, 1.807) is 0 Å². The number of aliphatic imine (C=N–C) groups is 1. The minimum atomic E-state index is -0.370. The molecular formula is C12H13NO2. The number of hydrogen-bond acceptors (Lipinski definition) is 2. The molecule has 0 aromatic heterocycles. The molecule has 1 heterocycles. The van der Waals surface area contributed by atoms with Crippen LogP contribution in [0.25, 0.3) is 0 Å². The van der Waals surface area contributed by atoms with Crippen molar-refractivity contribution in [1.29, 1.82) is 0 Å². The Labute approximate surface area is 88.8 Å². The predicted octanol–water partition coefficient (Wildman–Crippen LogP) is 2.16. The lowest BCUT2D eigenvalue weighted by atomic mass is 10.2. The van der Waals surface area contributed by atoms with Crippen LogP contribution >= 0.6 is 0 Å². The fourth-order valence-electron chi connectivity index (χ4n) is 1.54. The molecule has 1 aliphatic heterocycles. The van der Waals surface area contributed by atoms with E-state index in [2.05, 4.69) is 4.99 Å². The Kier molecular flexibility index (Phi) is 2.81. The summed E-state index contributed by atoms with van der Waals surface area (Å²) in [5.41, 5.74) is 0.865. The standard InChI is InChI=1S/C12H13NO2/c1-2-6-10-11(14)13-12(15-10)9-7-4-3-5-8-9/h3-5,7-8,10H,2,6H2,1H3/t10-/m0/s1. The summed E-state index contributed by atoms with van der Waals surface area (Å²) in [6.07, 6.45) is 1.29. The van der Waals surface area contributed by atoms with Crippen molar-refractivity contribution in [2.24, 2.45) is 4.99 Å². The molecule has 3 heteroatoms. The van der Waals surface area contributed by atoms with Gasteiger partial charge in [0.1, 0.15) is 0 Å². The molecule has 1 amide bonds. The lowest BCUT2D eigenvalue weighted by Gasteiger charge is -2.07. The Hall–Kier alpha value is -1.64. The first-order valence-corrected chi connectivity index (χ1v) is 5.16. The maximum Gasteiger partial charge on any atom is 0.290 e. The van der Waals surface area contributed by atoms with Gasteiger partial charge in [0.15, 0.2) is 6.10 Å². The summed E-state index contributed by atoms with van der Waals surface area (Å²) in [7, 11) is 0. The summed E-state index contributed by atoms with van der Waals surface area (Å²) in [6, 6.07) is 9.50. The Morgan fingerprint density at radius 3 is 2.73 bits per heavy atom. The molecule has 0 fully saturated rings. The largest absolute Gasteiger partial charge is 0.464 e. The van der Waals surface area contributed by atoms with Gasteiger partial charge in [0.25, 0.3) is 5.91 Å². The van der Waals surface area contributed by atoms with Gasteiger partial charge in [0.2, 0.25) is 5.90 Å². The maximum absolute atomic E-state index is 11.4. The molecule has 0 bridgehead atoms. The third-order valence-corrected chi connectivity index (χ3v) is 2.31. The summed E-state index contributed by atoms with van der Waals surface area (Å²) < 4.78 is 5.50. The first-order chi connectivity index (χ1) is 7.31. The number of benzene rings is 1. The third kappa shape index (κ3) is 2.06. The molecule has 1 aromatic rings. The minimum absolute atomic E-state index is 0.157. The zero-order valence-electron chi connectivity index (χ0n) is 8.64. The van der Waals surface area contributed by atoms with Crippen molar-refractivity contribution in [2.45, 2.75) is 25.9 Å². The second kappa shape index (κ2) is 4.26. The van der Waals surface area contributed by atoms with Crippen LogP contribution in [0.15, 0.2) is 35.3 Å². The van der Waals surface area contributed by atoms with Crippen molar-refractivity contribution in [3.8, 4) is 0 Å². The molecule has 1 aromatic carbocycles. The second-order valence-electron chi connectivity index (χ2n) is 3.52. The van der Waals surface area contributed by atoms with E-state index in [1.807, 2.05) is 37.3 Å². The lowest BCUT2D eigenvalue weighted by molar-refractivity contribution is -0.122. The van der Waals surface area contributed by atoms with Crippen molar-refractivity contribution in [1.82, 2.24) is 0 Å². The minimum Gasteiger partial charge on any atom is -0.464 e. The number of rotatable bonds is 3. The van der Waals surface area contributed by atoms with Crippen LogP contribution in [-0.2, 0) is 9.53 Å². The molecule has 78 valence electrons. The van der Waals surface area contributed by atoms with Crippen LogP contribution in [0, 0.1) is 0 Å². The van der Waals surface area contributed by atoms with Crippen LogP contribution in [0.1, 0.15) is 25.3 Å². The number of amides is 1. The lowest BCUT2D eigenvalue weighted by Crippen LogP contribution is -2.17. The summed E-state index contributed by atoms with van der Waals surface area (Å²) in [6.45, 7) is 2.02. The molecule has 2 rings (SSSR count). The summed E-state index contributed by atoms with van der Waals surface area (Å²) >= 11 is 0. The molecule has 1 aliphatic rings. The molecule has 0 spiro atoms. The number of nitrogens with zero attached hydrogens (tertiary/aromatic N) is 1. The summed E-state index contributed by atoms with van der Waals surface area (Å²) in [5, 5.41) is 0. The molecule has 0 saturated heterocycles. The predicted molar refractivity (Wildman–Crippen MR) is 57.8 cm³/mol. The fraction of sp³-hybridized carbons (Fsp3) is 0.333. The van der Waals surface area contributed by atoms with Gasteiger partial charge in [-0.05, 0) is 18.6 Å². The zero-order valence-corrected chi connectivity index (χ0v) is 8.64. The summed E-state index contributed by atoms with van der Waals surface area (Å²) in [4.78, 5) is 15.3. The molecular weight excluding hydrogens is 190 g/mol. The van der Waals surface area contributed by atoms with Gasteiger partial charge in [-0.1, -0.05) is 31.5 Å². The van der Waals surface area contributed by atoms with E-state index < -0.39 is 0 Å². The van der Waals surface area contributed by atoms with E-state index in [1.165, 1.54) is 0 Å².